The fourth-order valence-corrected chi connectivity index (χ4v) is 3.02. The van der Waals surface area contributed by atoms with E-state index in [-0.39, 0.29) is 0 Å². The van der Waals surface area contributed by atoms with Crippen LogP contribution in [-0.4, -0.2) is 31.4 Å². The Labute approximate surface area is 133 Å². The van der Waals surface area contributed by atoms with Crippen molar-refractivity contribution >= 4 is 23.3 Å². The maximum absolute atomic E-state index is 5.08. The molecule has 3 heterocycles. The van der Waals surface area contributed by atoms with Gasteiger partial charge in [-0.05, 0) is 24.4 Å². The fourth-order valence-electron chi connectivity index (χ4n) is 2.84. The quantitative estimate of drug-likeness (QED) is 0.738. The van der Waals surface area contributed by atoms with Crippen molar-refractivity contribution in [2.75, 3.05) is 6.54 Å². The van der Waals surface area contributed by atoms with Crippen molar-refractivity contribution < 1.29 is 0 Å². The van der Waals surface area contributed by atoms with Gasteiger partial charge in [-0.25, -0.2) is 9.97 Å². The largest absolute Gasteiger partial charge is 0.334 e. The molecule has 0 radical (unpaired) electrons. The standard InChI is InChI=1S/C16H15N5S/c22-16-18-7-11-9-21(6-5-13(11)20-16)10-12-8-17-14-3-1-2-4-15(14)19-12/h1-4,7-8H,5-6,9-10H2,(H,18,20,22). The molecule has 1 aliphatic heterocycles. The molecule has 0 spiro atoms. The highest BCUT2D eigenvalue weighted by molar-refractivity contribution is 7.71. The van der Waals surface area contributed by atoms with Gasteiger partial charge in [-0.2, -0.15) is 0 Å². The summed E-state index contributed by atoms with van der Waals surface area (Å²) in [4.78, 5) is 18.9. The first-order valence-electron chi connectivity index (χ1n) is 7.28. The fraction of sp³-hybridized carbons (Fsp3) is 0.250. The lowest BCUT2D eigenvalue weighted by molar-refractivity contribution is 0.240. The molecule has 22 heavy (non-hydrogen) atoms. The van der Waals surface area contributed by atoms with Gasteiger partial charge in [-0.1, -0.05) is 12.1 Å². The first-order chi connectivity index (χ1) is 10.8. The van der Waals surface area contributed by atoms with Crippen LogP contribution in [0.2, 0.25) is 0 Å². The Morgan fingerprint density at radius 1 is 1.14 bits per heavy atom. The molecule has 0 atom stereocenters. The number of nitrogens with zero attached hydrogens (tertiary/aromatic N) is 4. The summed E-state index contributed by atoms with van der Waals surface area (Å²) >= 11 is 5.08. The molecule has 4 rings (SSSR count). The van der Waals surface area contributed by atoms with Gasteiger partial charge in [0.1, 0.15) is 0 Å². The maximum atomic E-state index is 5.08. The molecule has 0 fully saturated rings. The van der Waals surface area contributed by atoms with Gasteiger partial charge < -0.3 is 4.98 Å². The van der Waals surface area contributed by atoms with Crippen molar-refractivity contribution in [3.8, 4) is 0 Å². The number of fused-ring (bicyclic) bond motifs is 2. The van der Waals surface area contributed by atoms with E-state index in [1.165, 1.54) is 11.3 Å². The molecule has 0 bridgehead atoms. The molecule has 2 aromatic heterocycles. The highest BCUT2D eigenvalue weighted by atomic mass is 32.1. The van der Waals surface area contributed by atoms with E-state index < -0.39 is 0 Å². The van der Waals surface area contributed by atoms with E-state index in [9.17, 15) is 0 Å². The molecular weight excluding hydrogens is 294 g/mol. The van der Waals surface area contributed by atoms with Gasteiger partial charge in [-0.3, -0.25) is 9.88 Å². The second kappa shape index (κ2) is 5.55. The van der Waals surface area contributed by atoms with Crippen LogP contribution in [0.3, 0.4) is 0 Å². The average Bonchev–Trinajstić information content (AvgIpc) is 2.55. The normalized spacial score (nSPS) is 14.9. The number of hydrogen-bond acceptors (Lipinski definition) is 5. The van der Waals surface area contributed by atoms with Gasteiger partial charge in [-0.15, -0.1) is 0 Å². The molecule has 0 saturated heterocycles. The Morgan fingerprint density at radius 2 is 2.00 bits per heavy atom. The molecular formula is C16H15N5S. The van der Waals surface area contributed by atoms with E-state index in [2.05, 4.69) is 19.9 Å². The summed E-state index contributed by atoms with van der Waals surface area (Å²) in [5, 5.41) is 0. The zero-order valence-electron chi connectivity index (χ0n) is 12.0. The molecule has 6 heteroatoms. The lowest BCUT2D eigenvalue weighted by Crippen LogP contribution is -2.31. The number of aromatic nitrogens is 4. The molecule has 0 saturated carbocycles. The Morgan fingerprint density at radius 3 is 2.91 bits per heavy atom. The lowest BCUT2D eigenvalue weighted by atomic mass is 10.1. The molecule has 1 aromatic carbocycles. The minimum absolute atomic E-state index is 0.563. The number of H-pyrrole nitrogens is 1. The average molecular weight is 309 g/mol. The lowest BCUT2D eigenvalue weighted by Gasteiger charge is -2.27. The van der Waals surface area contributed by atoms with E-state index in [4.69, 9.17) is 17.2 Å². The van der Waals surface area contributed by atoms with Crippen LogP contribution in [0.1, 0.15) is 17.0 Å². The Hall–Kier alpha value is -2.18. The minimum Gasteiger partial charge on any atom is -0.334 e. The third kappa shape index (κ3) is 2.63. The zero-order chi connectivity index (χ0) is 14.9. The van der Waals surface area contributed by atoms with Gasteiger partial charge in [0, 0.05) is 43.5 Å². The number of nitrogens with one attached hydrogen (secondary N) is 1. The van der Waals surface area contributed by atoms with E-state index in [0.29, 0.717) is 4.77 Å². The van der Waals surface area contributed by atoms with Crippen molar-refractivity contribution in [3.63, 3.8) is 0 Å². The van der Waals surface area contributed by atoms with Crippen molar-refractivity contribution in [2.24, 2.45) is 0 Å². The molecule has 0 aliphatic carbocycles. The number of para-hydroxylation sites is 2. The monoisotopic (exact) mass is 309 g/mol. The highest BCUT2D eigenvalue weighted by Crippen LogP contribution is 2.18. The molecule has 3 aromatic rings. The first kappa shape index (κ1) is 13.5. The summed E-state index contributed by atoms with van der Waals surface area (Å²) in [7, 11) is 0. The maximum Gasteiger partial charge on any atom is 0.196 e. The Kier molecular flexibility index (Phi) is 3.40. The number of benzene rings is 1. The SMILES string of the molecule is S=c1ncc2c([nH]1)CCN(Cc1cnc3ccccc3n1)C2. The second-order valence-corrected chi connectivity index (χ2v) is 5.89. The summed E-state index contributed by atoms with van der Waals surface area (Å²) < 4.78 is 0.563. The Balaban J connectivity index is 1.56. The van der Waals surface area contributed by atoms with Crippen LogP contribution < -0.4 is 0 Å². The molecule has 110 valence electrons. The third-order valence-corrected chi connectivity index (χ3v) is 4.15. The minimum atomic E-state index is 0.563. The van der Waals surface area contributed by atoms with Crippen LogP contribution in [-0.2, 0) is 19.5 Å². The van der Waals surface area contributed by atoms with E-state index in [0.717, 1.165) is 42.8 Å². The summed E-state index contributed by atoms with van der Waals surface area (Å²) in [5.74, 6) is 0. The van der Waals surface area contributed by atoms with Crippen molar-refractivity contribution in [1.82, 2.24) is 24.8 Å². The number of aromatic amines is 1. The zero-order valence-corrected chi connectivity index (χ0v) is 12.8. The van der Waals surface area contributed by atoms with Crippen molar-refractivity contribution in [2.45, 2.75) is 19.5 Å². The smallest absolute Gasteiger partial charge is 0.196 e. The van der Waals surface area contributed by atoms with E-state index in [1.54, 1.807) is 0 Å². The van der Waals surface area contributed by atoms with Gasteiger partial charge in [0.2, 0.25) is 0 Å². The molecule has 1 aliphatic rings. The molecule has 1 N–H and O–H groups in total. The van der Waals surface area contributed by atoms with Crippen LogP contribution in [0.4, 0.5) is 0 Å². The van der Waals surface area contributed by atoms with Crippen molar-refractivity contribution in [3.05, 3.63) is 58.4 Å². The molecule has 0 unspecified atom stereocenters. The topological polar surface area (TPSA) is 57.7 Å². The van der Waals surface area contributed by atoms with Crippen LogP contribution >= 0.6 is 12.2 Å². The van der Waals surface area contributed by atoms with E-state index in [1.807, 2.05) is 36.7 Å². The van der Waals surface area contributed by atoms with Crippen LogP contribution in [0, 0.1) is 4.77 Å². The first-order valence-corrected chi connectivity index (χ1v) is 7.69. The second-order valence-electron chi connectivity index (χ2n) is 5.50. The summed E-state index contributed by atoms with van der Waals surface area (Å²) in [5.41, 5.74) is 5.31. The third-order valence-electron chi connectivity index (χ3n) is 3.94. The summed E-state index contributed by atoms with van der Waals surface area (Å²) in [6, 6.07) is 7.96. The van der Waals surface area contributed by atoms with Crippen LogP contribution in [0.25, 0.3) is 11.0 Å². The highest BCUT2D eigenvalue weighted by Gasteiger charge is 2.17. The number of hydrogen-bond donors (Lipinski definition) is 1. The molecule has 5 nitrogen and oxygen atoms in total. The number of rotatable bonds is 2. The molecule has 0 amide bonds. The van der Waals surface area contributed by atoms with Gasteiger partial charge in [0.25, 0.3) is 0 Å². The van der Waals surface area contributed by atoms with Gasteiger partial charge >= 0.3 is 0 Å². The Bertz CT molecular complexity index is 889. The van der Waals surface area contributed by atoms with Gasteiger partial charge in [0.05, 0.1) is 22.9 Å². The summed E-state index contributed by atoms with van der Waals surface area (Å²) in [6.07, 6.45) is 4.71. The van der Waals surface area contributed by atoms with Gasteiger partial charge in [0.15, 0.2) is 4.77 Å². The summed E-state index contributed by atoms with van der Waals surface area (Å²) in [6.45, 7) is 2.65. The van der Waals surface area contributed by atoms with Crippen LogP contribution in [0.15, 0.2) is 36.7 Å². The van der Waals surface area contributed by atoms with Crippen LogP contribution in [0.5, 0.6) is 0 Å². The van der Waals surface area contributed by atoms with Crippen molar-refractivity contribution in [1.29, 1.82) is 0 Å². The predicted octanol–water partition coefficient (Wildman–Crippen LogP) is 2.64. The van der Waals surface area contributed by atoms with E-state index >= 15 is 0 Å². The predicted molar refractivity (Wildman–Crippen MR) is 86.8 cm³/mol.